The molecule has 0 aliphatic carbocycles. The first-order valence-corrected chi connectivity index (χ1v) is 12.6. The van der Waals surface area contributed by atoms with Crippen molar-refractivity contribution >= 4 is 32.9 Å². The minimum atomic E-state index is -3.69. The number of likely N-dealkylation sites (tertiary alicyclic amines) is 1. The molecule has 0 atom stereocenters. The number of aromatic amines is 1. The van der Waals surface area contributed by atoms with Crippen LogP contribution in [0.5, 0.6) is 11.5 Å². The summed E-state index contributed by atoms with van der Waals surface area (Å²) in [4.78, 5) is 18.0. The zero-order valence-corrected chi connectivity index (χ0v) is 20.3. The fourth-order valence-electron chi connectivity index (χ4n) is 4.39. The van der Waals surface area contributed by atoms with Gasteiger partial charge in [-0.1, -0.05) is 6.07 Å². The standard InChI is InChI=1S/C25H29N3O5S/c1-26-34(30,31)24-14-17(4-8-23(24)33-3)5-9-25(29)28-12-10-18(11-13-28)21-16-27-22-7-6-19(32-2)15-20(21)22/h4-9,14-16,18,26-27H,10-13H2,1-3H3/b9-5+. The first-order chi connectivity index (χ1) is 16.4. The number of aromatic nitrogens is 1. The van der Waals surface area contributed by atoms with Crippen LogP contribution in [0.2, 0.25) is 0 Å². The number of hydrogen-bond acceptors (Lipinski definition) is 5. The fraction of sp³-hybridized carbons (Fsp3) is 0.320. The number of hydrogen-bond donors (Lipinski definition) is 2. The number of carbonyl (C=O) groups is 1. The summed E-state index contributed by atoms with van der Waals surface area (Å²) in [5.74, 6) is 1.35. The molecule has 1 fully saturated rings. The lowest BCUT2D eigenvalue weighted by molar-refractivity contribution is -0.126. The van der Waals surface area contributed by atoms with Crippen molar-refractivity contribution in [3.63, 3.8) is 0 Å². The molecule has 1 aromatic heterocycles. The second-order valence-corrected chi connectivity index (χ2v) is 10.1. The lowest BCUT2D eigenvalue weighted by Crippen LogP contribution is -2.36. The largest absolute Gasteiger partial charge is 0.497 e. The first-order valence-electron chi connectivity index (χ1n) is 11.1. The first kappa shape index (κ1) is 23.8. The van der Waals surface area contributed by atoms with Crippen LogP contribution >= 0.6 is 0 Å². The molecular weight excluding hydrogens is 454 g/mol. The highest BCUT2D eigenvalue weighted by molar-refractivity contribution is 7.89. The number of nitrogens with one attached hydrogen (secondary N) is 2. The molecule has 1 amide bonds. The van der Waals surface area contributed by atoms with Crippen LogP contribution in [0.3, 0.4) is 0 Å². The van der Waals surface area contributed by atoms with Crippen molar-refractivity contribution in [2.45, 2.75) is 23.7 Å². The zero-order chi connectivity index (χ0) is 24.3. The Balaban J connectivity index is 1.43. The molecule has 0 saturated carbocycles. The molecule has 4 rings (SSSR count). The topological polar surface area (TPSA) is 101 Å². The molecule has 3 aromatic rings. The van der Waals surface area contributed by atoms with E-state index in [1.807, 2.05) is 17.0 Å². The number of nitrogens with zero attached hydrogens (tertiary/aromatic N) is 1. The number of rotatable bonds is 7. The van der Waals surface area contributed by atoms with Gasteiger partial charge in [-0.15, -0.1) is 0 Å². The average Bonchev–Trinajstić information content (AvgIpc) is 3.30. The van der Waals surface area contributed by atoms with Crippen molar-refractivity contribution in [1.82, 2.24) is 14.6 Å². The predicted molar refractivity (Wildman–Crippen MR) is 132 cm³/mol. The van der Waals surface area contributed by atoms with Crippen molar-refractivity contribution in [3.05, 3.63) is 59.8 Å². The Kier molecular flexibility index (Phi) is 6.95. The Labute approximate surface area is 199 Å². The van der Waals surface area contributed by atoms with Gasteiger partial charge in [-0.3, -0.25) is 4.79 Å². The van der Waals surface area contributed by atoms with Crippen LogP contribution in [-0.4, -0.2) is 58.6 Å². The summed E-state index contributed by atoms with van der Waals surface area (Å²) in [7, 11) is 0.740. The molecule has 2 heterocycles. The van der Waals surface area contributed by atoms with E-state index in [1.54, 1.807) is 25.3 Å². The Bertz CT molecular complexity index is 1320. The molecular formula is C25H29N3O5S. The van der Waals surface area contributed by atoms with Gasteiger partial charge in [-0.05, 0) is 73.3 Å². The molecule has 2 N–H and O–H groups in total. The summed E-state index contributed by atoms with van der Waals surface area (Å²) < 4.78 is 37.4. The van der Waals surface area contributed by atoms with Crippen molar-refractivity contribution in [3.8, 4) is 11.5 Å². The third kappa shape index (κ3) is 4.80. The maximum Gasteiger partial charge on any atom is 0.246 e. The molecule has 8 nitrogen and oxygen atoms in total. The van der Waals surface area contributed by atoms with Crippen molar-refractivity contribution < 1.29 is 22.7 Å². The van der Waals surface area contributed by atoms with Gasteiger partial charge < -0.3 is 19.4 Å². The number of methoxy groups -OCH3 is 2. The van der Waals surface area contributed by atoms with Crippen molar-refractivity contribution in [1.29, 1.82) is 0 Å². The van der Waals surface area contributed by atoms with Crippen LogP contribution < -0.4 is 14.2 Å². The monoisotopic (exact) mass is 483 g/mol. The van der Waals surface area contributed by atoms with E-state index in [0.29, 0.717) is 24.6 Å². The van der Waals surface area contributed by atoms with E-state index >= 15 is 0 Å². The van der Waals surface area contributed by atoms with Crippen molar-refractivity contribution in [2.75, 3.05) is 34.4 Å². The summed E-state index contributed by atoms with van der Waals surface area (Å²) in [5, 5.41) is 1.16. The smallest absolute Gasteiger partial charge is 0.246 e. The number of amides is 1. The van der Waals surface area contributed by atoms with Gasteiger partial charge in [-0.2, -0.15) is 0 Å². The summed E-state index contributed by atoms with van der Waals surface area (Å²) >= 11 is 0. The second kappa shape index (κ2) is 9.90. The van der Waals surface area contributed by atoms with Crippen LogP contribution in [0, 0.1) is 0 Å². The van der Waals surface area contributed by atoms with Crippen LogP contribution in [0.1, 0.15) is 29.9 Å². The van der Waals surface area contributed by atoms with Gasteiger partial charge in [-0.25, -0.2) is 13.1 Å². The van der Waals surface area contributed by atoms with Crippen LogP contribution in [0.4, 0.5) is 0 Å². The maximum absolute atomic E-state index is 12.8. The fourth-order valence-corrected chi connectivity index (χ4v) is 5.31. The number of piperidine rings is 1. The third-order valence-electron chi connectivity index (χ3n) is 6.33. The van der Waals surface area contributed by atoms with E-state index in [-0.39, 0.29) is 16.6 Å². The Morgan fingerprint density at radius 1 is 1.12 bits per heavy atom. The van der Waals surface area contributed by atoms with E-state index < -0.39 is 10.0 Å². The van der Waals surface area contributed by atoms with E-state index in [2.05, 4.69) is 22.0 Å². The number of sulfonamides is 1. The molecule has 1 aliphatic rings. The van der Waals surface area contributed by atoms with Crippen molar-refractivity contribution in [2.24, 2.45) is 0 Å². The van der Waals surface area contributed by atoms with Gasteiger partial charge in [0.25, 0.3) is 0 Å². The molecule has 0 bridgehead atoms. The minimum absolute atomic E-state index is 0.0308. The summed E-state index contributed by atoms with van der Waals surface area (Å²) in [6.45, 7) is 1.32. The molecule has 0 radical (unpaired) electrons. The molecule has 0 unspecified atom stereocenters. The zero-order valence-electron chi connectivity index (χ0n) is 19.5. The molecule has 34 heavy (non-hydrogen) atoms. The van der Waals surface area contributed by atoms with Crippen LogP contribution in [-0.2, 0) is 14.8 Å². The lowest BCUT2D eigenvalue weighted by Gasteiger charge is -2.31. The van der Waals surface area contributed by atoms with Gasteiger partial charge in [0.2, 0.25) is 15.9 Å². The highest BCUT2D eigenvalue weighted by Crippen LogP contribution is 2.34. The van der Waals surface area contributed by atoms with Crippen LogP contribution in [0.15, 0.2) is 53.6 Å². The number of benzene rings is 2. The van der Waals surface area contributed by atoms with E-state index in [1.165, 1.54) is 31.9 Å². The SMILES string of the molecule is CNS(=O)(=O)c1cc(/C=C/C(=O)N2CCC(c3c[nH]c4ccc(OC)cc34)CC2)ccc1OC. The number of fused-ring (bicyclic) bond motifs is 1. The minimum Gasteiger partial charge on any atom is -0.497 e. The van der Waals surface area contributed by atoms with Gasteiger partial charge in [0, 0.05) is 36.3 Å². The van der Waals surface area contributed by atoms with E-state index in [0.717, 1.165) is 29.5 Å². The Hall–Kier alpha value is -3.30. The number of carbonyl (C=O) groups excluding carboxylic acids is 1. The molecule has 180 valence electrons. The highest BCUT2D eigenvalue weighted by atomic mass is 32.2. The quantitative estimate of drug-likeness (QED) is 0.501. The van der Waals surface area contributed by atoms with Gasteiger partial charge in [0.15, 0.2) is 0 Å². The van der Waals surface area contributed by atoms with Gasteiger partial charge in [0.1, 0.15) is 16.4 Å². The number of H-pyrrole nitrogens is 1. The number of ether oxygens (including phenoxy) is 2. The van der Waals surface area contributed by atoms with Gasteiger partial charge in [0.05, 0.1) is 14.2 Å². The molecule has 9 heteroatoms. The predicted octanol–water partition coefficient (Wildman–Crippen LogP) is 3.51. The Morgan fingerprint density at radius 3 is 2.56 bits per heavy atom. The average molecular weight is 484 g/mol. The normalized spacial score (nSPS) is 15.2. The molecule has 2 aromatic carbocycles. The lowest BCUT2D eigenvalue weighted by atomic mass is 9.89. The molecule has 0 spiro atoms. The van der Waals surface area contributed by atoms with Gasteiger partial charge >= 0.3 is 0 Å². The molecule has 1 saturated heterocycles. The summed E-state index contributed by atoms with van der Waals surface area (Å²) in [5.41, 5.74) is 2.94. The van der Waals surface area contributed by atoms with Crippen LogP contribution in [0.25, 0.3) is 17.0 Å². The van der Waals surface area contributed by atoms with E-state index in [4.69, 9.17) is 9.47 Å². The maximum atomic E-state index is 12.8. The highest BCUT2D eigenvalue weighted by Gasteiger charge is 2.25. The summed E-state index contributed by atoms with van der Waals surface area (Å²) in [6.07, 6.45) is 6.93. The third-order valence-corrected chi connectivity index (χ3v) is 7.77. The second-order valence-electron chi connectivity index (χ2n) is 8.21. The Morgan fingerprint density at radius 2 is 1.88 bits per heavy atom. The van der Waals surface area contributed by atoms with E-state index in [9.17, 15) is 13.2 Å². The molecule has 1 aliphatic heterocycles. The summed E-state index contributed by atoms with van der Waals surface area (Å²) in [6, 6.07) is 10.8.